The molecule has 2 unspecified atom stereocenters. The van der Waals surface area contributed by atoms with Gasteiger partial charge in [0.15, 0.2) is 10.5 Å². The van der Waals surface area contributed by atoms with Crippen molar-refractivity contribution in [1.82, 2.24) is 10.3 Å². The van der Waals surface area contributed by atoms with E-state index in [0.29, 0.717) is 11.3 Å². The fraction of sp³-hybridized carbons (Fsp3) is 0.222. The Hall–Kier alpha value is -1.82. The summed E-state index contributed by atoms with van der Waals surface area (Å²) >= 11 is 21.1. The Balaban J connectivity index is 1.70. The standard InChI is InChI=1S/C18H13Cl3N4O4S2/c19-9-1-2-10(20)12(21)7(9)5-8(11-6-31-17(22)23-11)14(26)24-13-15(27)25(18(28)29)3-4-30-16(13)25/h1-2,5-6,13,16H,3-4H2,(H3-,22,23,24,26,28,29)/p+1/b8-5-/t13?,16-,25?/m0/s1. The second-order valence-electron chi connectivity index (χ2n) is 6.81. The molecule has 2 aliphatic rings. The lowest BCUT2D eigenvalue weighted by Gasteiger charge is -2.44. The van der Waals surface area contributed by atoms with Crippen LogP contribution >= 0.6 is 57.9 Å². The maximum Gasteiger partial charge on any atom is 0.522 e. The Morgan fingerprint density at radius 1 is 1.29 bits per heavy atom. The zero-order chi connectivity index (χ0) is 22.5. The van der Waals surface area contributed by atoms with E-state index in [1.165, 1.54) is 30.0 Å². The predicted molar refractivity (Wildman–Crippen MR) is 122 cm³/mol. The maximum absolute atomic E-state index is 13.2. The lowest BCUT2D eigenvalue weighted by Crippen LogP contribution is -2.79. The highest BCUT2D eigenvalue weighted by atomic mass is 35.5. The molecular formula is C18H14Cl3N4O4S2+. The second-order valence-corrected chi connectivity index (χ2v) is 10.1. The van der Waals surface area contributed by atoms with Gasteiger partial charge in [-0.2, -0.15) is 4.79 Å². The zero-order valence-corrected chi connectivity index (χ0v) is 19.4. The number of hydrogen-bond acceptors (Lipinski definition) is 7. The molecule has 31 heavy (non-hydrogen) atoms. The molecule has 4 N–H and O–H groups in total. The van der Waals surface area contributed by atoms with Crippen molar-refractivity contribution >= 4 is 92.6 Å². The summed E-state index contributed by atoms with van der Waals surface area (Å²) in [7, 11) is 0. The number of nitrogens with zero attached hydrogens (tertiary/aromatic N) is 2. The van der Waals surface area contributed by atoms with Gasteiger partial charge in [0.25, 0.3) is 5.91 Å². The molecule has 3 heterocycles. The molecule has 0 aliphatic carbocycles. The minimum atomic E-state index is -1.22. The molecule has 2 fully saturated rings. The summed E-state index contributed by atoms with van der Waals surface area (Å²) in [4.78, 5) is 41.7. The smallest absolute Gasteiger partial charge is 0.435 e. The quantitative estimate of drug-likeness (QED) is 0.242. The number of quaternary nitrogens is 1. The van der Waals surface area contributed by atoms with E-state index < -0.39 is 33.8 Å². The van der Waals surface area contributed by atoms with Gasteiger partial charge >= 0.3 is 12.0 Å². The summed E-state index contributed by atoms with van der Waals surface area (Å²) in [5.74, 6) is -0.688. The maximum atomic E-state index is 13.2. The Bertz CT molecular complexity index is 1150. The number of thioether (sulfide) groups is 1. The average molecular weight is 521 g/mol. The lowest BCUT2D eigenvalue weighted by atomic mass is 10.0. The molecule has 2 aliphatic heterocycles. The Labute approximate surface area is 199 Å². The van der Waals surface area contributed by atoms with Crippen LogP contribution in [0.5, 0.6) is 0 Å². The molecule has 3 amide bonds. The zero-order valence-electron chi connectivity index (χ0n) is 15.5. The fourth-order valence-electron chi connectivity index (χ4n) is 3.58. The van der Waals surface area contributed by atoms with Gasteiger partial charge in [-0.15, -0.1) is 15.8 Å². The van der Waals surface area contributed by atoms with Gasteiger partial charge in [-0.1, -0.05) is 46.6 Å². The van der Waals surface area contributed by atoms with Crippen molar-refractivity contribution in [3.05, 3.63) is 43.8 Å². The van der Waals surface area contributed by atoms with Gasteiger partial charge in [0, 0.05) is 21.7 Å². The first kappa shape index (κ1) is 22.4. The molecule has 4 rings (SSSR count). The number of aromatic nitrogens is 1. The topological polar surface area (TPSA) is 122 Å². The Morgan fingerprint density at radius 2 is 2.00 bits per heavy atom. The third-order valence-electron chi connectivity index (χ3n) is 5.15. The van der Waals surface area contributed by atoms with Crippen LogP contribution in [-0.2, 0) is 9.59 Å². The van der Waals surface area contributed by atoms with E-state index in [2.05, 4.69) is 10.3 Å². The molecule has 13 heteroatoms. The summed E-state index contributed by atoms with van der Waals surface area (Å²) in [6, 6.07) is 2.12. The molecule has 0 radical (unpaired) electrons. The molecule has 2 saturated heterocycles. The van der Waals surface area contributed by atoms with E-state index >= 15 is 0 Å². The van der Waals surface area contributed by atoms with Gasteiger partial charge in [0.05, 0.1) is 21.3 Å². The number of β-lactam (4-membered cyclic amide) rings is 1. The van der Waals surface area contributed by atoms with Crippen molar-refractivity contribution in [2.45, 2.75) is 11.4 Å². The van der Waals surface area contributed by atoms with Crippen molar-refractivity contribution in [2.24, 2.45) is 0 Å². The number of hydrogen-bond donors (Lipinski definition) is 3. The summed E-state index contributed by atoms with van der Waals surface area (Å²) in [5, 5.41) is 14.1. The SMILES string of the molecule is Nc1nc(/C(=C/c2c(Cl)ccc(Cl)c2Cl)C(=O)NC2C(=O)[N+]3(C(=O)O)CCS[C@@H]23)cs1. The Kier molecular flexibility index (Phi) is 5.97. The van der Waals surface area contributed by atoms with Crippen molar-refractivity contribution in [3.63, 3.8) is 0 Å². The van der Waals surface area contributed by atoms with Crippen LogP contribution < -0.4 is 11.1 Å². The van der Waals surface area contributed by atoms with E-state index in [4.69, 9.17) is 40.5 Å². The van der Waals surface area contributed by atoms with Gasteiger partial charge in [-0.25, -0.2) is 9.78 Å². The number of benzene rings is 1. The molecule has 0 bridgehead atoms. The number of thiazole rings is 1. The molecule has 3 atom stereocenters. The van der Waals surface area contributed by atoms with Gasteiger partial charge in [0.2, 0.25) is 6.04 Å². The highest BCUT2D eigenvalue weighted by Gasteiger charge is 2.72. The van der Waals surface area contributed by atoms with Crippen LogP contribution in [0.4, 0.5) is 9.93 Å². The molecule has 2 aromatic rings. The number of nitrogens with one attached hydrogen (secondary N) is 1. The van der Waals surface area contributed by atoms with Crippen LogP contribution in [0, 0.1) is 0 Å². The molecule has 1 aromatic carbocycles. The van der Waals surface area contributed by atoms with Crippen molar-refractivity contribution in [3.8, 4) is 0 Å². The number of nitrogens with two attached hydrogens (primary N) is 1. The molecule has 8 nitrogen and oxygen atoms in total. The van der Waals surface area contributed by atoms with Crippen LogP contribution in [0.1, 0.15) is 11.3 Å². The normalized spacial score (nSPS) is 25.1. The minimum absolute atomic E-state index is 0.0649. The van der Waals surface area contributed by atoms with E-state index in [1.54, 1.807) is 5.38 Å². The van der Waals surface area contributed by atoms with Crippen molar-refractivity contribution < 1.29 is 24.0 Å². The van der Waals surface area contributed by atoms with Gasteiger partial charge in [-0.3, -0.25) is 4.79 Å². The molecule has 162 valence electrons. The number of nitrogen functional groups attached to an aromatic ring is 1. The van der Waals surface area contributed by atoms with Crippen LogP contribution in [0.2, 0.25) is 15.1 Å². The average Bonchev–Trinajstić information content (AvgIpc) is 3.33. The number of carbonyl (C=O) groups is 3. The van der Waals surface area contributed by atoms with Crippen molar-refractivity contribution in [2.75, 3.05) is 18.0 Å². The number of carbonyl (C=O) groups excluding carboxylic acids is 2. The van der Waals surface area contributed by atoms with E-state index in [-0.39, 0.29) is 38.0 Å². The van der Waals surface area contributed by atoms with E-state index in [0.717, 1.165) is 11.3 Å². The Morgan fingerprint density at radius 3 is 2.65 bits per heavy atom. The number of halogens is 3. The second kappa shape index (κ2) is 8.27. The van der Waals surface area contributed by atoms with Crippen LogP contribution in [0.25, 0.3) is 11.6 Å². The first-order valence-corrected chi connectivity index (χ1v) is 11.9. The summed E-state index contributed by atoms with van der Waals surface area (Å²) in [6.45, 7) is 0.189. The van der Waals surface area contributed by atoms with E-state index in [9.17, 15) is 19.5 Å². The van der Waals surface area contributed by atoms with Crippen LogP contribution in [-0.4, -0.2) is 56.2 Å². The number of amides is 3. The largest absolute Gasteiger partial charge is 0.522 e. The molecule has 0 spiro atoms. The van der Waals surface area contributed by atoms with E-state index in [1.807, 2.05) is 0 Å². The number of imide groups is 1. The lowest BCUT2D eigenvalue weighted by molar-refractivity contribution is -0.815. The number of rotatable bonds is 4. The third-order valence-corrected chi connectivity index (χ3v) is 8.36. The molecule has 0 saturated carbocycles. The molecule has 1 aromatic heterocycles. The number of carboxylic acid groups (broad SMARTS) is 1. The highest BCUT2D eigenvalue weighted by molar-refractivity contribution is 8.00. The number of anilines is 1. The van der Waals surface area contributed by atoms with Crippen LogP contribution in [0.15, 0.2) is 17.5 Å². The number of fused-ring (bicyclic) bond motifs is 1. The summed E-state index contributed by atoms with van der Waals surface area (Å²) in [6.07, 6.45) is 0.205. The fourth-order valence-corrected chi connectivity index (χ4v) is 6.36. The van der Waals surface area contributed by atoms with Crippen molar-refractivity contribution in [1.29, 1.82) is 0 Å². The van der Waals surface area contributed by atoms with Gasteiger partial charge in [-0.05, 0) is 18.2 Å². The van der Waals surface area contributed by atoms with Gasteiger partial charge < -0.3 is 16.2 Å². The first-order valence-electron chi connectivity index (χ1n) is 8.81. The molecular weight excluding hydrogens is 507 g/mol. The highest BCUT2D eigenvalue weighted by Crippen LogP contribution is 2.44. The summed E-state index contributed by atoms with van der Waals surface area (Å²) < 4.78 is -0.676. The minimum Gasteiger partial charge on any atom is -0.435 e. The van der Waals surface area contributed by atoms with Gasteiger partial charge in [0.1, 0.15) is 6.54 Å². The first-order chi connectivity index (χ1) is 14.7. The monoisotopic (exact) mass is 519 g/mol. The predicted octanol–water partition coefficient (Wildman–Crippen LogP) is 3.82. The van der Waals surface area contributed by atoms with Crippen LogP contribution in [0.3, 0.4) is 0 Å². The third kappa shape index (κ3) is 3.61. The summed E-state index contributed by atoms with van der Waals surface area (Å²) in [5.41, 5.74) is 6.36.